The third kappa shape index (κ3) is 12.4. The molecule has 6 saturated carbocycles. The number of ether oxygens (including phenoxy) is 4. The number of aromatic nitrogens is 8. The maximum atomic E-state index is 13.5. The van der Waals surface area contributed by atoms with Crippen LogP contribution < -0.4 is 11.5 Å². The molecular weight excluding hydrogens is 1270 g/mol. The summed E-state index contributed by atoms with van der Waals surface area (Å²) < 4.78 is 27.1. The minimum Gasteiger partial charge on any atom is -0.481 e. The molecule has 20 heteroatoms. The van der Waals surface area contributed by atoms with Crippen molar-refractivity contribution in [2.24, 2.45) is 143 Å². The molecule has 0 unspecified atom stereocenters. The molecule has 12 rings (SSSR count). The Morgan fingerprint density at radius 3 is 1.44 bits per heavy atom. The number of hydrogen-bond donors (Lipinski definition) is 5. The summed E-state index contributed by atoms with van der Waals surface area (Å²) in [5.41, 5.74) is 13.6. The fourth-order valence-electron chi connectivity index (χ4n) is 24.4. The third-order valence-corrected chi connectivity index (χ3v) is 32.5. The first-order valence-corrected chi connectivity index (χ1v) is 39.3. The number of carboxylic acid groups (broad SMARTS) is 2. The van der Waals surface area contributed by atoms with Crippen molar-refractivity contribution < 1.29 is 48.3 Å². The maximum absolute atomic E-state index is 13.5. The number of ketones is 2. The summed E-state index contributed by atoms with van der Waals surface area (Å²) in [7, 11) is 0. The van der Waals surface area contributed by atoms with Gasteiger partial charge in [0.15, 0.2) is 0 Å². The van der Waals surface area contributed by atoms with E-state index < -0.39 is 28.8 Å². The predicted octanol–water partition coefficient (Wildman–Crippen LogP) is 14.9. The molecule has 4 bridgehead atoms. The number of fused-ring (bicyclic) bond motifs is 6. The van der Waals surface area contributed by atoms with Crippen molar-refractivity contribution in [2.75, 3.05) is 39.6 Å². The average Bonchev–Trinajstić information content (AvgIpc) is 0.819. The lowest BCUT2D eigenvalue weighted by Crippen LogP contribution is -2.69. The molecule has 0 spiro atoms. The summed E-state index contributed by atoms with van der Waals surface area (Å²) in [4.78, 5) is 51.8. The van der Waals surface area contributed by atoms with Crippen LogP contribution in [0.15, 0.2) is 23.3 Å². The van der Waals surface area contributed by atoms with Crippen LogP contribution in [0.3, 0.4) is 0 Å². The number of aliphatic carboxylic acids is 2. The smallest absolute Gasteiger partial charge is 0.307 e. The van der Waals surface area contributed by atoms with Gasteiger partial charge in [-0.2, -0.15) is 10.0 Å². The molecule has 2 saturated heterocycles. The molecule has 0 amide bonds. The van der Waals surface area contributed by atoms with E-state index in [1.165, 1.54) is 12.0 Å². The van der Waals surface area contributed by atoms with E-state index in [-0.39, 0.29) is 113 Å². The Balaban J connectivity index is 0.000000196. The third-order valence-electron chi connectivity index (χ3n) is 32.5. The van der Waals surface area contributed by atoms with Crippen LogP contribution in [-0.4, -0.2) is 137 Å². The van der Waals surface area contributed by atoms with Crippen LogP contribution in [0.5, 0.6) is 0 Å². The van der Waals surface area contributed by atoms with Gasteiger partial charge < -0.3 is 40.6 Å². The van der Waals surface area contributed by atoms with Crippen molar-refractivity contribution in [3.05, 3.63) is 34.9 Å². The van der Waals surface area contributed by atoms with Gasteiger partial charge in [-0.3, -0.25) is 19.2 Å². The highest BCUT2D eigenvalue weighted by atomic mass is 16.5. The Labute approximate surface area is 605 Å². The van der Waals surface area contributed by atoms with E-state index in [1.807, 2.05) is 13.8 Å². The van der Waals surface area contributed by atoms with Gasteiger partial charge in [0, 0.05) is 45.6 Å². The first kappa shape index (κ1) is 79.2. The Kier molecular flexibility index (Phi) is 21.8. The molecule has 2 aromatic rings. The predicted molar refractivity (Wildman–Crippen MR) is 391 cm³/mol. The van der Waals surface area contributed by atoms with E-state index in [4.69, 9.17) is 35.5 Å². The molecule has 568 valence electrons. The Bertz CT molecular complexity index is 3420. The van der Waals surface area contributed by atoms with Gasteiger partial charge in [0.25, 0.3) is 0 Å². The molecule has 20 nitrogen and oxygen atoms in total. The molecule has 2 aromatic heterocycles. The number of hydrogen-bond acceptors (Lipinski definition) is 16. The molecule has 4 heterocycles. The van der Waals surface area contributed by atoms with Crippen molar-refractivity contribution >= 4 is 23.5 Å². The molecular formula is C81H134N10O10. The van der Waals surface area contributed by atoms with E-state index in [0.29, 0.717) is 99.0 Å². The number of carboxylic acids is 2. The van der Waals surface area contributed by atoms with Crippen LogP contribution in [0, 0.1) is 131 Å². The van der Waals surface area contributed by atoms with Crippen LogP contribution in [0.4, 0.5) is 0 Å². The Morgan fingerprint density at radius 1 is 0.604 bits per heavy atom. The number of tetrazole rings is 2. The fraction of sp³-hybridized carbons (Fsp3) is 0.877. The number of carbonyl (C=O) groups is 4. The zero-order chi connectivity index (χ0) is 74.8. The standard InChI is InChI=1S/C40H65N5O5.C37H63NO4.C4H6N4O/c1-12-29(46)33-42-44-45(43-33)28-19-40-22-49-20-36(8,32(28)50-21-39(11,41)24(4)5)30(40)14-13-26-27(40)15-16-38(10)31(34(47)48)35(7,25(6)23(2)3)17-18-37(26,38)9;1-22(2)25(6)32(7)16-17-34(9)26-12-13-28-33(8)19-41-21-37(28,27(26)14-15-35(34,10)29(32)31(39)40)18-24(5)30(33)42-20-36(11,38)23(3)4;1-2-3(9)4-5-7-8-6-4/h15,23-26,28,30-32H,12-14,16-22,41H2,1-11H3,(H,47,48);14,22-26,28-30H,12-13,15-21,38H2,1-11H3,(H,39,40);2H2,1H3,(H,5,6,7,8)/t25-,26+,28-,30+,31-,32+,35-,36+,37-,38+,39+,40+;24-,25-,26+,28+,29-,30+,32-,33+,34-,35+,36+,37+;/m11./s1. The van der Waals surface area contributed by atoms with Gasteiger partial charge >= 0.3 is 11.9 Å². The fourth-order valence-corrected chi connectivity index (χ4v) is 24.4. The van der Waals surface area contributed by atoms with E-state index in [2.05, 4.69) is 182 Å². The van der Waals surface area contributed by atoms with E-state index >= 15 is 0 Å². The first-order chi connectivity index (χ1) is 46.9. The van der Waals surface area contributed by atoms with Crippen molar-refractivity contribution in [1.82, 2.24) is 40.8 Å². The second-order valence-corrected chi connectivity index (χ2v) is 38.7. The summed E-state index contributed by atoms with van der Waals surface area (Å²) in [6.45, 7) is 54.8. The van der Waals surface area contributed by atoms with Crippen molar-refractivity contribution in [3.63, 3.8) is 0 Å². The highest BCUT2D eigenvalue weighted by Crippen LogP contribution is 2.78. The number of Topliss-reactive ketones (excluding diaryl/α,β-unsaturated/α-hetero) is 2. The summed E-state index contributed by atoms with van der Waals surface area (Å²) in [6.07, 6.45) is 17.3. The van der Waals surface area contributed by atoms with Crippen molar-refractivity contribution in [3.8, 4) is 0 Å². The second kappa shape index (κ2) is 27.8. The highest BCUT2D eigenvalue weighted by molar-refractivity contribution is 5.92. The van der Waals surface area contributed by atoms with Crippen LogP contribution in [0.25, 0.3) is 0 Å². The second-order valence-electron chi connectivity index (χ2n) is 38.7. The lowest BCUT2D eigenvalue weighted by atomic mass is 9.34. The van der Waals surface area contributed by atoms with Crippen molar-refractivity contribution in [1.29, 1.82) is 0 Å². The molecule has 24 atom stereocenters. The lowest BCUT2D eigenvalue weighted by molar-refractivity contribution is -0.253. The molecule has 101 heavy (non-hydrogen) atoms. The first-order valence-electron chi connectivity index (χ1n) is 39.3. The van der Waals surface area contributed by atoms with Crippen molar-refractivity contribution in [2.45, 2.75) is 278 Å². The summed E-state index contributed by atoms with van der Waals surface area (Å²) in [5.74, 6) is 2.02. The number of H-pyrrole nitrogens is 1. The Morgan fingerprint density at radius 2 is 1.03 bits per heavy atom. The van der Waals surface area contributed by atoms with Gasteiger partial charge in [0.1, 0.15) is 6.04 Å². The van der Waals surface area contributed by atoms with Crippen LogP contribution in [0.2, 0.25) is 0 Å². The zero-order valence-corrected chi connectivity index (χ0v) is 66.5. The maximum Gasteiger partial charge on any atom is 0.307 e. The minimum absolute atomic E-state index is 0.0221. The van der Waals surface area contributed by atoms with Gasteiger partial charge in [-0.1, -0.05) is 169 Å². The molecule has 8 fully saturated rings. The molecule has 0 radical (unpaired) electrons. The number of carbonyl (C=O) groups excluding carboxylic acids is 2. The monoisotopic (exact) mass is 1410 g/mol. The number of allylic oxidation sites excluding steroid dienone is 2. The van der Waals surface area contributed by atoms with Crippen LogP contribution >= 0.6 is 0 Å². The van der Waals surface area contributed by atoms with Gasteiger partial charge in [-0.25, -0.2) is 0 Å². The SMILES string of the molecule is CC(C)[C@@H](C)[C@@]1(C)CC[C@]2(C)[C@H]3CC[C@@H]4[C@@]5(COC[C@]4(C)[C@@H](OC[C@](C)(N)C(C)C)[C@H](C)C5)C3=CC[C@@]2(C)[C@@H]1C(=O)O.CCC(=O)c1nn[nH]n1.CCC(=O)c1nnn([C@@H]2C[C@@]34COC[C@@](C)([C@@H]3CC[C@H]3C4=CC[C@@]4(C)[C@H](C(=O)O)[C@@](C)([C@H](C)C(C)C)CC[C@]34C)[C@H]2OC[C@](C)(N)C(C)C)n1. The topological polar surface area (TPSA) is 296 Å². The van der Waals surface area contributed by atoms with E-state index in [1.54, 1.807) is 17.3 Å². The molecule has 0 aromatic carbocycles. The van der Waals surface area contributed by atoms with Gasteiger partial charge in [-0.15, -0.1) is 20.4 Å². The van der Waals surface area contributed by atoms with Gasteiger partial charge in [-0.05, 0) is 199 Å². The summed E-state index contributed by atoms with van der Waals surface area (Å²) >= 11 is 0. The largest absolute Gasteiger partial charge is 0.481 e. The minimum atomic E-state index is -0.647. The van der Waals surface area contributed by atoms with Gasteiger partial charge in [0.2, 0.25) is 23.2 Å². The zero-order valence-electron chi connectivity index (χ0n) is 66.5. The summed E-state index contributed by atoms with van der Waals surface area (Å²) in [5, 5.41) is 47.8. The molecule has 10 aliphatic rings. The lowest BCUT2D eigenvalue weighted by Gasteiger charge is -2.71. The molecule has 7 N–H and O–H groups in total. The van der Waals surface area contributed by atoms with E-state index in [9.17, 15) is 29.4 Å². The number of aromatic amines is 1. The molecule has 2 aliphatic heterocycles. The molecule has 8 aliphatic carbocycles. The summed E-state index contributed by atoms with van der Waals surface area (Å²) in [6, 6.07) is -0.275. The quantitative estimate of drug-likeness (QED) is 0.0645. The number of nitrogens with two attached hydrogens (primary N) is 2. The van der Waals surface area contributed by atoms with Gasteiger partial charge in [0.05, 0.1) is 63.7 Å². The Hall–Kier alpha value is -4.34. The highest BCUT2D eigenvalue weighted by Gasteiger charge is 2.74. The number of nitrogens with zero attached hydrogens (tertiary/aromatic N) is 7. The van der Waals surface area contributed by atoms with Crippen LogP contribution in [-0.2, 0) is 28.5 Å². The van der Waals surface area contributed by atoms with Crippen LogP contribution in [0.1, 0.15) is 276 Å². The average molecular weight is 1410 g/mol. The normalized spacial score (nSPS) is 42.4. The number of nitrogens with one attached hydrogen (secondary N) is 1. The van der Waals surface area contributed by atoms with E-state index in [0.717, 1.165) is 77.4 Å². The number of rotatable bonds is 19.